The number of carbonyl (C=O) groups is 2. The molecule has 1 N–H and O–H groups in total. The number of carbonyl (C=O) groups excluding carboxylic acids is 2. The lowest BCUT2D eigenvalue weighted by atomic mass is 10.2. The first kappa shape index (κ1) is 20.5. The van der Waals surface area contributed by atoms with E-state index in [2.05, 4.69) is 20.7 Å². The van der Waals surface area contributed by atoms with Crippen molar-refractivity contribution < 1.29 is 9.59 Å². The Labute approximate surface area is 182 Å². The third-order valence-corrected chi connectivity index (χ3v) is 6.05. The van der Waals surface area contributed by atoms with Crippen LogP contribution < -0.4 is 10.2 Å². The molecule has 0 aliphatic heterocycles. The molecule has 1 aliphatic carbocycles. The summed E-state index contributed by atoms with van der Waals surface area (Å²) in [7, 11) is 0. The molecule has 0 saturated heterocycles. The number of hydrogen-bond acceptors (Lipinski definition) is 6. The Morgan fingerprint density at radius 2 is 1.97 bits per heavy atom. The minimum atomic E-state index is -0.311. The summed E-state index contributed by atoms with van der Waals surface area (Å²) in [6.07, 6.45) is 4.20. The van der Waals surface area contributed by atoms with Gasteiger partial charge in [0, 0.05) is 16.8 Å². The Hall–Kier alpha value is -2.78. The molecule has 2 heterocycles. The van der Waals surface area contributed by atoms with Crippen molar-refractivity contribution in [1.82, 2.24) is 25.5 Å². The molecule has 1 saturated carbocycles. The molecule has 1 fully saturated rings. The van der Waals surface area contributed by atoms with Crippen molar-refractivity contribution in [2.45, 2.75) is 38.3 Å². The first-order valence-corrected chi connectivity index (χ1v) is 11.0. The molecule has 4 rings (SSSR count). The van der Waals surface area contributed by atoms with E-state index in [9.17, 15) is 9.59 Å². The summed E-state index contributed by atoms with van der Waals surface area (Å²) >= 11 is 7.48. The zero-order valence-electron chi connectivity index (χ0n) is 16.2. The SMILES string of the molecule is O=C(CN(C(=O)Cn1nnc(-c2cccs2)n1)c1ccc(Cl)cc1)NC1CCCC1. The lowest BCUT2D eigenvalue weighted by Gasteiger charge is -2.23. The summed E-state index contributed by atoms with van der Waals surface area (Å²) in [5.41, 5.74) is 0.588. The number of benzene rings is 1. The number of rotatable bonds is 7. The fraction of sp³-hybridized carbons (Fsp3) is 0.350. The molecule has 2 aromatic heterocycles. The predicted molar refractivity (Wildman–Crippen MR) is 115 cm³/mol. The van der Waals surface area contributed by atoms with E-state index in [1.54, 1.807) is 24.3 Å². The van der Waals surface area contributed by atoms with Crippen LogP contribution in [0.15, 0.2) is 41.8 Å². The van der Waals surface area contributed by atoms with Crippen molar-refractivity contribution in [2.75, 3.05) is 11.4 Å². The zero-order valence-corrected chi connectivity index (χ0v) is 17.8. The fourth-order valence-electron chi connectivity index (χ4n) is 3.45. The van der Waals surface area contributed by atoms with Crippen LogP contribution in [-0.4, -0.2) is 44.6 Å². The molecule has 10 heteroatoms. The van der Waals surface area contributed by atoms with Gasteiger partial charge in [-0.25, -0.2) is 0 Å². The van der Waals surface area contributed by atoms with Gasteiger partial charge in [0.15, 0.2) is 0 Å². The van der Waals surface area contributed by atoms with Crippen LogP contribution in [0.3, 0.4) is 0 Å². The van der Waals surface area contributed by atoms with Gasteiger partial charge in [0.2, 0.25) is 11.7 Å². The second kappa shape index (κ2) is 9.36. The largest absolute Gasteiger partial charge is 0.352 e. The molecule has 3 aromatic rings. The topological polar surface area (TPSA) is 93.0 Å². The monoisotopic (exact) mass is 444 g/mol. The maximum Gasteiger partial charge on any atom is 0.251 e. The summed E-state index contributed by atoms with van der Waals surface area (Å²) in [4.78, 5) is 29.2. The number of hydrogen-bond donors (Lipinski definition) is 1. The van der Waals surface area contributed by atoms with Crippen molar-refractivity contribution in [3.63, 3.8) is 0 Å². The quantitative estimate of drug-likeness (QED) is 0.604. The number of thiophene rings is 1. The molecule has 0 radical (unpaired) electrons. The van der Waals surface area contributed by atoms with Crippen molar-refractivity contribution in [3.05, 3.63) is 46.8 Å². The van der Waals surface area contributed by atoms with Crippen LogP contribution in [0, 0.1) is 0 Å². The first-order chi connectivity index (χ1) is 14.6. The van der Waals surface area contributed by atoms with Crippen LogP contribution in [0.25, 0.3) is 10.7 Å². The molecule has 2 amide bonds. The van der Waals surface area contributed by atoms with Gasteiger partial charge in [0.25, 0.3) is 5.91 Å². The van der Waals surface area contributed by atoms with Crippen LogP contribution in [-0.2, 0) is 16.1 Å². The Morgan fingerprint density at radius 3 is 2.67 bits per heavy atom. The lowest BCUT2D eigenvalue weighted by molar-refractivity contribution is -0.124. The highest BCUT2D eigenvalue weighted by Gasteiger charge is 2.23. The van der Waals surface area contributed by atoms with E-state index in [-0.39, 0.29) is 30.9 Å². The number of nitrogens with one attached hydrogen (secondary N) is 1. The van der Waals surface area contributed by atoms with Gasteiger partial charge < -0.3 is 10.2 Å². The molecule has 156 valence electrons. The molecule has 1 aromatic carbocycles. The molecule has 0 spiro atoms. The zero-order chi connectivity index (χ0) is 20.9. The van der Waals surface area contributed by atoms with Crippen molar-refractivity contribution in [1.29, 1.82) is 0 Å². The smallest absolute Gasteiger partial charge is 0.251 e. The van der Waals surface area contributed by atoms with E-state index >= 15 is 0 Å². The number of nitrogens with zero attached hydrogens (tertiary/aromatic N) is 5. The van der Waals surface area contributed by atoms with Gasteiger partial charge in [0.05, 0.1) is 4.88 Å². The Morgan fingerprint density at radius 1 is 1.20 bits per heavy atom. The highest BCUT2D eigenvalue weighted by Crippen LogP contribution is 2.21. The van der Waals surface area contributed by atoms with E-state index in [1.165, 1.54) is 21.0 Å². The number of amides is 2. The van der Waals surface area contributed by atoms with Crippen LogP contribution in [0.5, 0.6) is 0 Å². The minimum absolute atomic E-state index is 0.0799. The Kier molecular flexibility index (Phi) is 6.39. The molecule has 8 nitrogen and oxygen atoms in total. The Balaban J connectivity index is 1.48. The lowest BCUT2D eigenvalue weighted by Crippen LogP contribution is -2.44. The third kappa shape index (κ3) is 5.03. The summed E-state index contributed by atoms with van der Waals surface area (Å²) < 4.78 is 0. The second-order valence-corrected chi connectivity index (χ2v) is 8.51. The molecular weight excluding hydrogens is 424 g/mol. The standard InChI is InChI=1S/C20H21ClN6O2S/c21-14-7-9-16(10-8-14)26(12-18(28)22-15-4-1-2-5-15)19(29)13-27-24-20(23-25-27)17-6-3-11-30-17/h3,6-11,15H,1-2,4-5,12-13H2,(H,22,28). The highest BCUT2D eigenvalue weighted by molar-refractivity contribution is 7.13. The number of aromatic nitrogens is 4. The predicted octanol–water partition coefficient (Wildman–Crippen LogP) is 3.15. The van der Waals surface area contributed by atoms with E-state index in [4.69, 9.17) is 11.6 Å². The van der Waals surface area contributed by atoms with Gasteiger partial charge in [-0.15, -0.1) is 21.5 Å². The van der Waals surface area contributed by atoms with Crippen LogP contribution >= 0.6 is 22.9 Å². The van der Waals surface area contributed by atoms with E-state index in [0.29, 0.717) is 16.5 Å². The molecule has 0 unspecified atom stereocenters. The van der Waals surface area contributed by atoms with E-state index in [1.807, 2.05) is 17.5 Å². The molecular formula is C20H21ClN6O2S. The average molecular weight is 445 g/mol. The van der Waals surface area contributed by atoms with Crippen molar-refractivity contribution in [2.24, 2.45) is 0 Å². The maximum atomic E-state index is 13.1. The summed E-state index contributed by atoms with van der Waals surface area (Å²) in [6, 6.07) is 10.8. The van der Waals surface area contributed by atoms with Crippen LogP contribution in [0.2, 0.25) is 5.02 Å². The Bertz CT molecular complexity index is 999. The first-order valence-electron chi connectivity index (χ1n) is 9.75. The van der Waals surface area contributed by atoms with Crippen molar-refractivity contribution >= 4 is 40.4 Å². The average Bonchev–Trinajstić information content (AvgIpc) is 3.49. The van der Waals surface area contributed by atoms with Crippen LogP contribution in [0.4, 0.5) is 5.69 Å². The van der Waals surface area contributed by atoms with Gasteiger partial charge >= 0.3 is 0 Å². The molecule has 0 bridgehead atoms. The van der Waals surface area contributed by atoms with Crippen molar-refractivity contribution in [3.8, 4) is 10.7 Å². The van der Waals surface area contributed by atoms with Gasteiger partial charge in [-0.3, -0.25) is 9.59 Å². The van der Waals surface area contributed by atoms with Gasteiger partial charge in [-0.2, -0.15) is 4.80 Å². The minimum Gasteiger partial charge on any atom is -0.352 e. The highest BCUT2D eigenvalue weighted by atomic mass is 35.5. The summed E-state index contributed by atoms with van der Waals surface area (Å²) in [6.45, 7) is -0.207. The van der Waals surface area contributed by atoms with Gasteiger partial charge in [-0.1, -0.05) is 30.5 Å². The fourth-order valence-corrected chi connectivity index (χ4v) is 4.23. The summed E-state index contributed by atoms with van der Waals surface area (Å²) in [5.74, 6) is -0.0279. The normalized spacial score (nSPS) is 14.0. The third-order valence-electron chi connectivity index (χ3n) is 4.93. The van der Waals surface area contributed by atoms with Gasteiger partial charge in [0.1, 0.15) is 13.1 Å². The second-order valence-electron chi connectivity index (χ2n) is 7.13. The van der Waals surface area contributed by atoms with Crippen LogP contribution in [0.1, 0.15) is 25.7 Å². The van der Waals surface area contributed by atoms with E-state index < -0.39 is 0 Å². The number of anilines is 1. The van der Waals surface area contributed by atoms with E-state index in [0.717, 1.165) is 30.6 Å². The number of tetrazole rings is 1. The maximum absolute atomic E-state index is 13.1. The molecule has 0 atom stereocenters. The molecule has 30 heavy (non-hydrogen) atoms. The molecule has 1 aliphatic rings. The summed E-state index contributed by atoms with van der Waals surface area (Å²) in [5, 5.41) is 17.8. The number of halogens is 1. The van der Waals surface area contributed by atoms with Gasteiger partial charge in [-0.05, 0) is 53.8 Å².